The van der Waals surface area contributed by atoms with Crippen LogP contribution < -0.4 is 10.4 Å². The molecule has 15 heavy (non-hydrogen) atoms. The number of rotatable bonds is 2. The van der Waals surface area contributed by atoms with Gasteiger partial charge in [-0.2, -0.15) is 8.42 Å². The van der Waals surface area contributed by atoms with Crippen LogP contribution in [0.3, 0.4) is 0 Å². The number of hydrogen-bond donors (Lipinski definition) is 2. The minimum atomic E-state index is -4.18. The van der Waals surface area contributed by atoms with Gasteiger partial charge >= 0.3 is 0 Å². The molecule has 0 fully saturated rings. The molecule has 2 N–H and O–H groups in total. The second-order valence-corrected chi connectivity index (χ2v) is 4.36. The lowest BCUT2D eigenvalue weighted by Gasteiger charge is -1.97. The molecule has 0 aliphatic carbocycles. The quantitative estimate of drug-likeness (QED) is 0.670. The number of aliphatic hydroxyl groups excluding tert-OH is 1. The summed E-state index contributed by atoms with van der Waals surface area (Å²) in [6.45, 7) is 1.62. The van der Waals surface area contributed by atoms with Crippen molar-refractivity contribution in [1.82, 2.24) is 0 Å². The summed E-state index contributed by atoms with van der Waals surface area (Å²) < 4.78 is 30.5. The Morgan fingerprint density at radius 1 is 1.33 bits per heavy atom. The molecule has 1 rings (SSSR count). The van der Waals surface area contributed by atoms with Gasteiger partial charge in [0.05, 0.1) is 11.5 Å². The fourth-order valence-corrected chi connectivity index (χ4v) is 1.77. The Kier molecular flexibility index (Phi) is 3.62. The van der Waals surface area contributed by atoms with Crippen LogP contribution in [-0.4, -0.2) is 24.7 Å². The Morgan fingerprint density at radius 2 is 2.00 bits per heavy atom. The van der Waals surface area contributed by atoms with E-state index in [1.165, 1.54) is 18.2 Å². The fraction of sp³-hybridized carbons (Fsp3) is 0.200. The van der Waals surface area contributed by atoms with Crippen LogP contribution in [0.2, 0.25) is 0 Å². The summed E-state index contributed by atoms with van der Waals surface area (Å²) >= 11 is 0. The molecule has 0 bridgehead atoms. The molecule has 0 atom stereocenters. The molecular formula is C10H12O4S. The second kappa shape index (κ2) is 4.57. The van der Waals surface area contributed by atoms with Crippen molar-refractivity contribution < 1.29 is 18.1 Å². The Morgan fingerprint density at radius 3 is 2.47 bits per heavy atom. The molecule has 82 valence electrons. The van der Waals surface area contributed by atoms with Crippen molar-refractivity contribution >= 4 is 22.3 Å². The van der Waals surface area contributed by atoms with Crippen LogP contribution in [0.15, 0.2) is 23.1 Å². The molecule has 5 heteroatoms. The third-order valence-corrected chi connectivity index (χ3v) is 2.83. The first-order valence-electron chi connectivity index (χ1n) is 4.34. The molecule has 0 radical (unpaired) electrons. The molecule has 0 aliphatic heterocycles. The number of benzene rings is 1. The first kappa shape index (κ1) is 11.9. The second-order valence-electron chi connectivity index (χ2n) is 2.94. The van der Waals surface area contributed by atoms with Crippen molar-refractivity contribution in [2.75, 3.05) is 6.61 Å². The first-order valence-corrected chi connectivity index (χ1v) is 5.78. The summed E-state index contributed by atoms with van der Waals surface area (Å²) in [5.41, 5.74) is 0. The van der Waals surface area contributed by atoms with Crippen LogP contribution in [0.1, 0.15) is 6.92 Å². The monoisotopic (exact) mass is 228 g/mol. The fourth-order valence-electron chi connectivity index (χ4n) is 1.25. The maximum absolute atomic E-state index is 10.9. The highest BCUT2D eigenvalue weighted by Crippen LogP contribution is 2.01. The van der Waals surface area contributed by atoms with Crippen LogP contribution in [0.5, 0.6) is 0 Å². The van der Waals surface area contributed by atoms with Crippen LogP contribution in [0, 0.1) is 0 Å². The third-order valence-electron chi connectivity index (χ3n) is 1.98. The zero-order valence-corrected chi connectivity index (χ0v) is 9.03. The van der Waals surface area contributed by atoms with E-state index in [2.05, 4.69) is 0 Å². The molecule has 0 amide bonds. The largest absolute Gasteiger partial charge is 0.392 e. The first-order chi connectivity index (χ1) is 6.99. The van der Waals surface area contributed by atoms with E-state index in [0.717, 1.165) is 5.22 Å². The van der Waals surface area contributed by atoms with Crippen molar-refractivity contribution in [1.29, 1.82) is 0 Å². The standard InChI is InChI=1S/C10H12O4S/c1-2-8-3-4-10(15(12,13)14)7-9(8)5-6-11/h2-5,7,11H,6H2,1H3,(H,12,13,14)/b8-2-,9-5-. The van der Waals surface area contributed by atoms with Crippen molar-refractivity contribution in [3.8, 4) is 0 Å². The van der Waals surface area contributed by atoms with E-state index in [1.807, 2.05) is 0 Å². The van der Waals surface area contributed by atoms with Gasteiger partial charge in [-0.3, -0.25) is 4.55 Å². The lowest BCUT2D eigenvalue weighted by Crippen LogP contribution is -2.25. The van der Waals surface area contributed by atoms with E-state index in [9.17, 15) is 8.42 Å². The lowest BCUT2D eigenvalue weighted by atomic mass is 10.2. The maximum Gasteiger partial charge on any atom is 0.294 e. The van der Waals surface area contributed by atoms with Gasteiger partial charge in [0, 0.05) is 0 Å². The highest BCUT2D eigenvalue weighted by molar-refractivity contribution is 7.85. The molecule has 4 nitrogen and oxygen atoms in total. The smallest absolute Gasteiger partial charge is 0.294 e. The SMILES string of the molecule is C/C=c1/ccc(S(=O)(=O)O)c/c1=C/CO. The summed E-state index contributed by atoms with van der Waals surface area (Å²) in [5, 5.41) is 10.1. The van der Waals surface area contributed by atoms with Gasteiger partial charge in [0.15, 0.2) is 0 Å². The molecule has 1 aromatic rings. The van der Waals surface area contributed by atoms with Gasteiger partial charge in [0.2, 0.25) is 0 Å². The molecule has 0 saturated carbocycles. The zero-order valence-electron chi connectivity index (χ0n) is 8.21. The predicted molar refractivity (Wildman–Crippen MR) is 57.2 cm³/mol. The summed E-state index contributed by atoms with van der Waals surface area (Å²) in [4.78, 5) is -0.173. The Hall–Kier alpha value is -1.17. The molecule has 0 spiro atoms. The molecule has 0 aromatic heterocycles. The zero-order chi connectivity index (χ0) is 11.5. The summed E-state index contributed by atoms with van der Waals surface area (Å²) in [7, 11) is -4.18. The highest BCUT2D eigenvalue weighted by atomic mass is 32.2. The minimum Gasteiger partial charge on any atom is -0.392 e. The van der Waals surface area contributed by atoms with E-state index >= 15 is 0 Å². The van der Waals surface area contributed by atoms with Crippen LogP contribution in [0.25, 0.3) is 12.2 Å². The van der Waals surface area contributed by atoms with E-state index in [4.69, 9.17) is 9.66 Å². The molecule has 0 unspecified atom stereocenters. The van der Waals surface area contributed by atoms with E-state index < -0.39 is 10.1 Å². The van der Waals surface area contributed by atoms with Gasteiger partial charge in [0.1, 0.15) is 0 Å². The van der Waals surface area contributed by atoms with Crippen LogP contribution in [-0.2, 0) is 10.1 Å². The van der Waals surface area contributed by atoms with Gasteiger partial charge in [-0.1, -0.05) is 18.2 Å². The predicted octanol–water partition coefficient (Wildman–Crippen LogP) is -0.493. The van der Waals surface area contributed by atoms with Crippen molar-refractivity contribution in [3.05, 3.63) is 28.6 Å². The normalized spacial score (nSPS) is 14.6. The van der Waals surface area contributed by atoms with Gasteiger partial charge in [-0.15, -0.1) is 0 Å². The van der Waals surface area contributed by atoms with E-state index in [-0.39, 0.29) is 11.5 Å². The molecular weight excluding hydrogens is 216 g/mol. The van der Waals surface area contributed by atoms with Crippen molar-refractivity contribution in [2.45, 2.75) is 11.8 Å². The van der Waals surface area contributed by atoms with Crippen LogP contribution >= 0.6 is 0 Å². The maximum atomic E-state index is 10.9. The Bertz CT molecular complexity index is 558. The number of hydrogen-bond acceptors (Lipinski definition) is 3. The van der Waals surface area contributed by atoms with Gasteiger partial charge < -0.3 is 5.11 Å². The average Bonchev–Trinajstić information content (AvgIpc) is 2.17. The summed E-state index contributed by atoms with van der Waals surface area (Å²) in [6, 6.07) is 4.21. The lowest BCUT2D eigenvalue weighted by molar-refractivity contribution is 0.355. The molecule has 1 aromatic carbocycles. The van der Waals surface area contributed by atoms with Gasteiger partial charge in [0.25, 0.3) is 10.1 Å². The Balaban J connectivity index is 3.57. The summed E-state index contributed by atoms with van der Waals surface area (Å²) in [5.74, 6) is 0. The van der Waals surface area contributed by atoms with Crippen LogP contribution in [0.4, 0.5) is 0 Å². The van der Waals surface area contributed by atoms with E-state index in [0.29, 0.717) is 5.22 Å². The van der Waals surface area contributed by atoms with Gasteiger partial charge in [-0.25, -0.2) is 0 Å². The summed E-state index contributed by atoms with van der Waals surface area (Å²) in [6.07, 6.45) is 3.26. The highest BCUT2D eigenvalue weighted by Gasteiger charge is 2.07. The minimum absolute atomic E-state index is 0.173. The molecule has 0 saturated heterocycles. The number of aliphatic hydroxyl groups is 1. The average molecular weight is 228 g/mol. The Labute approximate surface area is 87.9 Å². The topological polar surface area (TPSA) is 74.6 Å². The van der Waals surface area contributed by atoms with E-state index in [1.54, 1.807) is 19.1 Å². The molecule has 0 heterocycles. The van der Waals surface area contributed by atoms with Crippen molar-refractivity contribution in [2.24, 2.45) is 0 Å². The molecule has 0 aliphatic rings. The van der Waals surface area contributed by atoms with Crippen molar-refractivity contribution in [3.63, 3.8) is 0 Å². The van der Waals surface area contributed by atoms with Gasteiger partial charge in [-0.05, 0) is 29.5 Å². The third kappa shape index (κ3) is 2.89.